The maximum Gasteiger partial charge on any atom is 0.338 e. The molecule has 0 amide bonds. The number of ether oxygens (including phenoxy) is 2. The Bertz CT molecular complexity index is 714. The molecule has 0 heterocycles. The van der Waals surface area contributed by atoms with Crippen molar-refractivity contribution in [2.75, 3.05) is 0 Å². The lowest BCUT2D eigenvalue weighted by Crippen LogP contribution is -2.08. The van der Waals surface area contributed by atoms with Gasteiger partial charge in [0.05, 0.1) is 0 Å². The Kier molecular flexibility index (Phi) is 8.78. The average Bonchev–Trinajstić information content (AvgIpc) is 2.56. The molecule has 0 saturated carbocycles. The molecule has 0 saturated heterocycles. The summed E-state index contributed by atoms with van der Waals surface area (Å²) in [6, 6.07) is 14.2. The molecule has 26 heavy (non-hydrogen) atoms. The predicted octanol–water partition coefficient (Wildman–Crippen LogP) is 5.59. The van der Waals surface area contributed by atoms with Crippen molar-refractivity contribution < 1.29 is 19.1 Å². The minimum atomic E-state index is -0.452. The second-order valence-corrected chi connectivity index (χ2v) is 5.39. The maximum absolute atomic E-state index is 11.5. The third-order valence-electron chi connectivity index (χ3n) is 3.16. The molecule has 0 aromatic heterocycles. The lowest BCUT2D eigenvalue weighted by Gasteiger charge is -2.07. The van der Waals surface area contributed by atoms with Crippen LogP contribution in [0, 0.1) is 0 Å². The monoisotopic (exact) mass is 354 g/mol. The van der Waals surface area contributed by atoms with E-state index in [2.05, 4.69) is 13.2 Å². The molecule has 0 unspecified atom stereocenters. The van der Waals surface area contributed by atoms with Gasteiger partial charge in [0.1, 0.15) is 11.5 Å². The Labute approximate surface area is 155 Å². The Morgan fingerprint density at radius 1 is 0.654 bits per heavy atom. The fraction of sp³-hybridized carbons (Fsp3) is 0.182. The summed E-state index contributed by atoms with van der Waals surface area (Å²) in [5, 5.41) is 0. The van der Waals surface area contributed by atoms with Gasteiger partial charge >= 0.3 is 11.9 Å². The molecule has 0 aliphatic heterocycles. The highest BCUT2D eigenvalue weighted by atomic mass is 16.5. The van der Waals surface area contributed by atoms with Gasteiger partial charge < -0.3 is 9.47 Å². The molecule has 0 radical (unpaired) electrons. The van der Waals surface area contributed by atoms with Crippen LogP contribution in [0.5, 0.6) is 11.5 Å². The summed E-state index contributed by atoms with van der Waals surface area (Å²) in [4.78, 5) is 22.9. The van der Waals surface area contributed by atoms with E-state index in [1.165, 1.54) is 0 Å². The van der Waals surface area contributed by atoms with Crippen molar-refractivity contribution in [1.82, 2.24) is 0 Å². The number of hydrogen-bond donors (Lipinski definition) is 0. The van der Waals surface area contributed by atoms with Crippen molar-refractivity contribution >= 4 is 11.9 Å². The van der Waals surface area contributed by atoms with E-state index in [9.17, 15) is 9.59 Å². The maximum atomic E-state index is 11.5. The van der Waals surface area contributed by atoms with Gasteiger partial charge in [0, 0.05) is 11.1 Å². The molecule has 0 fully saturated rings. The van der Waals surface area contributed by atoms with Crippen LogP contribution in [0.15, 0.2) is 72.8 Å². The van der Waals surface area contributed by atoms with Gasteiger partial charge in [-0.1, -0.05) is 52.3 Å². The van der Waals surface area contributed by atoms with Crippen molar-refractivity contribution in [1.29, 1.82) is 0 Å². The van der Waals surface area contributed by atoms with Crippen LogP contribution < -0.4 is 9.47 Å². The Morgan fingerprint density at radius 3 is 1.15 bits per heavy atom. The standard InChI is InChI=1S/C20H18O4.2CH4/c1-13(2)19(21)23-17-9-5-15(6-10-17)16-7-11-18(12-8-16)24-20(22)14(3)4;;/h5-12H,1,3H2,2,4H3;2*1H4. The van der Waals surface area contributed by atoms with Crippen LogP contribution in [0.4, 0.5) is 0 Å². The number of rotatable bonds is 5. The molecule has 0 aliphatic rings. The number of carbonyl (C=O) groups excluding carboxylic acids is 2. The normalized spacial score (nSPS) is 9.15. The lowest BCUT2D eigenvalue weighted by atomic mass is 10.1. The Balaban J connectivity index is 0.00000312. The first-order valence-electron chi connectivity index (χ1n) is 7.32. The summed E-state index contributed by atoms with van der Waals surface area (Å²) in [5.74, 6) is 0.00961. The van der Waals surface area contributed by atoms with E-state index in [0.29, 0.717) is 22.6 Å². The molecule has 0 bridgehead atoms. The van der Waals surface area contributed by atoms with Gasteiger partial charge in [-0.25, -0.2) is 9.59 Å². The molecule has 0 aliphatic carbocycles. The van der Waals surface area contributed by atoms with Gasteiger partial charge in [0.15, 0.2) is 0 Å². The summed E-state index contributed by atoms with van der Waals surface area (Å²) < 4.78 is 10.3. The number of benzene rings is 2. The van der Waals surface area contributed by atoms with Crippen molar-refractivity contribution in [2.45, 2.75) is 28.7 Å². The smallest absolute Gasteiger partial charge is 0.338 e. The van der Waals surface area contributed by atoms with E-state index in [-0.39, 0.29) is 14.9 Å². The molecule has 4 nitrogen and oxygen atoms in total. The van der Waals surface area contributed by atoms with E-state index in [4.69, 9.17) is 9.47 Å². The number of carbonyl (C=O) groups is 2. The molecule has 0 N–H and O–H groups in total. The van der Waals surface area contributed by atoms with Crippen LogP contribution in [-0.4, -0.2) is 11.9 Å². The quantitative estimate of drug-likeness (QED) is 0.399. The molecule has 2 aromatic rings. The zero-order valence-electron chi connectivity index (χ0n) is 13.7. The van der Waals surface area contributed by atoms with Crippen LogP contribution in [0.1, 0.15) is 28.7 Å². The lowest BCUT2D eigenvalue weighted by molar-refractivity contribution is -0.130. The summed E-state index contributed by atoms with van der Waals surface area (Å²) in [5.41, 5.74) is 2.59. The van der Waals surface area contributed by atoms with Gasteiger partial charge in [-0.3, -0.25) is 0 Å². The van der Waals surface area contributed by atoms with Crippen LogP contribution >= 0.6 is 0 Å². The van der Waals surface area contributed by atoms with Crippen molar-refractivity contribution in [2.24, 2.45) is 0 Å². The van der Waals surface area contributed by atoms with Gasteiger partial charge in [0.2, 0.25) is 0 Å². The third kappa shape index (κ3) is 6.06. The first kappa shape index (κ1) is 22.9. The summed E-state index contributed by atoms with van der Waals surface area (Å²) in [6.45, 7) is 10.3. The van der Waals surface area contributed by atoms with Gasteiger partial charge in [0.25, 0.3) is 0 Å². The largest absolute Gasteiger partial charge is 0.423 e. The van der Waals surface area contributed by atoms with Crippen molar-refractivity contribution in [3.8, 4) is 22.6 Å². The second kappa shape index (κ2) is 9.99. The average molecular weight is 354 g/mol. The summed E-state index contributed by atoms with van der Waals surface area (Å²) >= 11 is 0. The summed E-state index contributed by atoms with van der Waals surface area (Å²) in [6.07, 6.45) is 0. The minimum absolute atomic E-state index is 0. The minimum Gasteiger partial charge on any atom is -0.423 e. The highest BCUT2D eigenvalue weighted by Gasteiger charge is 2.07. The third-order valence-corrected chi connectivity index (χ3v) is 3.16. The Morgan fingerprint density at radius 2 is 0.923 bits per heavy atom. The van der Waals surface area contributed by atoms with E-state index >= 15 is 0 Å². The first-order chi connectivity index (χ1) is 11.4. The highest BCUT2D eigenvalue weighted by Crippen LogP contribution is 2.25. The van der Waals surface area contributed by atoms with Crippen LogP contribution in [0.25, 0.3) is 11.1 Å². The molecule has 4 heteroatoms. The van der Waals surface area contributed by atoms with E-state index < -0.39 is 11.9 Å². The van der Waals surface area contributed by atoms with Gasteiger partial charge in [-0.15, -0.1) is 0 Å². The molecule has 138 valence electrons. The first-order valence-corrected chi connectivity index (χ1v) is 7.32. The summed E-state index contributed by atoms with van der Waals surface area (Å²) in [7, 11) is 0. The highest BCUT2D eigenvalue weighted by molar-refractivity contribution is 5.89. The zero-order chi connectivity index (χ0) is 17.7. The second-order valence-electron chi connectivity index (χ2n) is 5.39. The predicted molar refractivity (Wildman–Crippen MR) is 106 cm³/mol. The molecule has 2 aromatic carbocycles. The fourth-order valence-corrected chi connectivity index (χ4v) is 1.82. The Hall–Kier alpha value is -3.14. The molecular formula is C22H26O4. The fourth-order valence-electron chi connectivity index (χ4n) is 1.82. The topological polar surface area (TPSA) is 52.6 Å². The molecule has 2 rings (SSSR count). The molecular weight excluding hydrogens is 328 g/mol. The van der Waals surface area contributed by atoms with Gasteiger partial charge in [-0.2, -0.15) is 0 Å². The van der Waals surface area contributed by atoms with Crippen molar-refractivity contribution in [3.63, 3.8) is 0 Å². The van der Waals surface area contributed by atoms with Crippen LogP contribution in [0.2, 0.25) is 0 Å². The molecule has 0 atom stereocenters. The van der Waals surface area contributed by atoms with E-state index in [1.54, 1.807) is 38.1 Å². The molecule has 0 spiro atoms. The van der Waals surface area contributed by atoms with Crippen LogP contribution in [-0.2, 0) is 9.59 Å². The van der Waals surface area contributed by atoms with Gasteiger partial charge in [-0.05, 0) is 49.2 Å². The number of esters is 2. The number of hydrogen-bond acceptors (Lipinski definition) is 4. The van der Waals surface area contributed by atoms with E-state index in [1.807, 2.05) is 24.3 Å². The SMILES string of the molecule is C.C.C=C(C)C(=O)Oc1ccc(-c2ccc(OC(=O)C(=C)C)cc2)cc1. The van der Waals surface area contributed by atoms with E-state index in [0.717, 1.165) is 11.1 Å². The zero-order valence-corrected chi connectivity index (χ0v) is 13.7. The van der Waals surface area contributed by atoms with Crippen molar-refractivity contribution in [3.05, 3.63) is 72.8 Å². The van der Waals surface area contributed by atoms with Crippen LogP contribution in [0.3, 0.4) is 0 Å².